The highest BCUT2D eigenvalue weighted by molar-refractivity contribution is 5.78. The van der Waals surface area contributed by atoms with E-state index in [0.717, 1.165) is 19.5 Å². The summed E-state index contributed by atoms with van der Waals surface area (Å²) in [6.07, 6.45) is 2.55. The molecule has 0 bridgehead atoms. The Labute approximate surface area is 127 Å². The molecule has 0 aromatic heterocycles. The smallest absolute Gasteiger partial charge is 0.236 e. The number of hydrogen-bond donors (Lipinski definition) is 2. The number of ether oxygens (including phenoxy) is 1. The van der Waals surface area contributed by atoms with E-state index in [1.165, 1.54) is 6.42 Å². The van der Waals surface area contributed by atoms with Crippen LogP contribution in [-0.2, 0) is 9.53 Å². The third kappa shape index (κ3) is 5.21. The fourth-order valence-electron chi connectivity index (χ4n) is 3.27. The molecule has 0 spiro atoms. The van der Waals surface area contributed by atoms with Crippen molar-refractivity contribution >= 4 is 5.91 Å². The molecule has 0 aliphatic carbocycles. The maximum absolute atomic E-state index is 12.5. The van der Waals surface area contributed by atoms with E-state index in [1.54, 1.807) is 0 Å². The summed E-state index contributed by atoms with van der Waals surface area (Å²) in [5.41, 5.74) is 0. The first-order valence-electron chi connectivity index (χ1n) is 8.08. The molecule has 2 aliphatic heterocycles. The van der Waals surface area contributed by atoms with Crippen molar-refractivity contribution < 1.29 is 14.6 Å². The zero-order valence-electron chi connectivity index (χ0n) is 13.3. The quantitative estimate of drug-likeness (QED) is 0.703. The molecular formula is C15H29N3O3. The van der Waals surface area contributed by atoms with Crippen molar-refractivity contribution in [3.8, 4) is 0 Å². The van der Waals surface area contributed by atoms with E-state index in [-0.39, 0.29) is 24.7 Å². The monoisotopic (exact) mass is 299 g/mol. The molecule has 0 aromatic carbocycles. The number of carbonyl (C=O) groups is 1. The number of nitrogens with zero attached hydrogens (tertiary/aromatic N) is 2. The van der Waals surface area contributed by atoms with Crippen LogP contribution in [0.3, 0.4) is 0 Å². The van der Waals surface area contributed by atoms with Gasteiger partial charge in [-0.25, -0.2) is 0 Å². The molecule has 0 aromatic rings. The first-order chi connectivity index (χ1) is 10.1. The molecule has 3 unspecified atom stereocenters. The van der Waals surface area contributed by atoms with Gasteiger partial charge >= 0.3 is 0 Å². The van der Waals surface area contributed by atoms with Gasteiger partial charge in [-0.2, -0.15) is 0 Å². The van der Waals surface area contributed by atoms with Gasteiger partial charge in [0.2, 0.25) is 5.91 Å². The maximum Gasteiger partial charge on any atom is 0.236 e. The molecule has 2 saturated heterocycles. The highest BCUT2D eigenvalue weighted by Crippen LogP contribution is 2.12. The molecule has 2 heterocycles. The van der Waals surface area contributed by atoms with E-state index in [4.69, 9.17) is 4.74 Å². The number of rotatable bonds is 6. The molecule has 3 atom stereocenters. The van der Waals surface area contributed by atoms with Gasteiger partial charge in [0.1, 0.15) is 0 Å². The van der Waals surface area contributed by atoms with Crippen molar-refractivity contribution in [1.29, 1.82) is 0 Å². The Morgan fingerprint density at radius 1 is 1.38 bits per heavy atom. The Hall–Kier alpha value is -0.690. The number of amides is 1. The highest BCUT2D eigenvalue weighted by atomic mass is 16.5. The maximum atomic E-state index is 12.5. The SMILES string of the molecule is CC1CN(C(=O)CN(CCO)CC2CCCN2)CC(C)O1. The summed E-state index contributed by atoms with van der Waals surface area (Å²) in [5, 5.41) is 12.7. The fraction of sp³-hybridized carbons (Fsp3) is 0.933. The van der Waals surface area contributed by atoms with Crippen LogP contribution in [0, 0.1) is 0 Å². The van der Waals surface area contributed by atoms with Crippen LogP contribution < -0.4 is 5.32 Å². The number of nitrogens with one attached hydrogen (secondary N) is 1. The van der Waals surface area contributed by atoms with Crippen LogP contribution in [0.5, 0.6) is 0 Å². The Balaban J connectivity index is 1.84. The predicted molar refractivity (Wildman–Crippen MR) is 81.1 cm³/mol. The number of morpholine rings is 1. The van der Waals surface area contributed by atoms with Gasteiger partial charge in [-0.3, -0.25) is 9.69 Å². The second kappa shape index (κ2) is 8.08. The van der Waals surface area contributed by atoms with Crippen molar-refractivity contribution in [1.82, 2.24) is 15.1 Å². The van der Waals surface area contributed by atoms with Gasteiger partial charge in [-0.05, 0) is 33.2 Å². The van der Waals surface area contributed by atoms with E-state index >= 15 is 0 Å². The first kappa shape index (κ1) is 16.7. The summed E-state index contributed by atoms with van der Waals surface area (Å²) in [4.78, 5) is 16.4. The summed E-state index contributed by atoms with van der Waals surface area (Å²) in [6, 6.07) is 0.451. The average Bonchev–Trinajstić information content (AvgIpc) is 2.90. The fourth-order valence-corrected chi connectivity index (χ4v) is 3.27. The molecular weight excluding hydrogens is 270 g/mol. The normalized spacial score (nSPS) is 30.1. The molecule has 2 rings (SSSR count). The number of hydrogen-bond acceptors (Lipinski definition) is 5. The van der Waals surface area contributed by atoms with Crippen molar-refractivity contribution in [2.24, 2.45) is 0 Å². The zero-order valence-corrected chi connectivity index (χ0v) is 13.3. The van der Waals surface area contributed by atoms with Crippen LogP contribution in [0.1, 0.15) is 26.7 Å². The molecule has 21 heavy (non-hydrogen) atoms. The van der Waals surface area contributed by atoms with E-state index in [1.807, 2.05) is 18.7 Å². The lowest BCUT2D eigenvalue weighted by Gasteiger charge is -2.36. The minimum atomic E-state index is 0.0932. The molecule has 6 nitrogen and oxygen atoms in total. The largest absolute Gasteiger partial charge is 0.395 e. The Morgan fingerprint density at radius 2 is 2.10 bits per heavy atom. The van der Waals surface area contributed by atoms with Crippen LogP contribution in [0.2, 0.25) is 0 Å². The van der Waals surface area contributed by atoms with Crippen LogP contribution in [0.15, 0.2) is 0 Å². The van der Waals surface area contributed by atoms with Crippen LogP contribution in [0.25, 0.3) is 0 Å². The van der Waals surface area contributed by atoms with Crippen molar-refractivity contribution in [2.45, 2.75) is 44.9 Å². The highest BCUT2D eigenvalue weighted by Gasteiger charge is 2.27. The second-order valence-electron chi connectivity index (χ2n) is 6.31. The molecule has 2 fully saturated rings. The van der Waals surface area contributed by atoms with Crippen LogP contribution in [0.4, 0.5) is 0 Å². The summed E-state index contributed by atoms with van der Waals surface area (Å²) >= 11 is 0. The van der Waals surface area contributed by atoms with Gasteiger partial charge in [0.25, 0.3) is 0 Å². The third-order valence-electron chi connectivity index (χ3n) is 4.19. The summed E-state index contributed by atoms with van der Waals surface area (Å²) in [6.45, 7) is 8.27. The number of carbonyl (C=O) groups excluding carboxylic acids is 1. The van der Waals surface area contributed by atoms with Crippen molar-refractivity contribution in [3.05, 3.63) is 0 Å². The number of aliphatic hydroxyl groups is 1. The summed E-state index contributed by atoms with van der Waals surface area (Å²) in [7, 11) is 0. The van der Waals surface area contributed by atoms with Gasteiger partial charge in [-0.1, -0.05) is 0 Å². The van der Waals surface area contributed by atoms with E-state index in [0.29, 0.717) is 32.2 Å². The zero-order chi connectivity index (χ0) is 15.2. The lowest BCUT2D eigenvalue weighted by atomic mass is 10.2. The lowest BCUT2D eigenvalue weighted by molar-refractivity contribution is -0.144. The molecule has 0 saturated carbocycles. The van der Waals surface area contributed by atoms with E-state index in [2.05, 4.69) is 10.2 Å². The minimum absolute atomic E-state index is 0.0932. The van der Waals surface area contributed by atoms with Gasteiger partial charge in [0.05, 0.1) is 25.4 Å². The molecule has 2 N–H and O–H groups in total. The molecule has 1 amide bonds. The minimum Gasteiger partial charge on any atom is -0.395 e. The van der Waals surface area contributed by atoms with Crippen LogP contribution in [-0.4, -0.2) is 84.9 Å². The van der Waals surface area contributed by atoms with Gasteiger partial charge < -0.3 is 20.1 Å². The van der Waals surface area contributed by atoms with Gasteiger partial charge in [0, 0.05) is 32.2 Å². The Bertz CT molecular complexity index is 324. The Kier molecular flexibility index (Phi) is 6.41. The summed E-state index contributed by atoms with van der Waals surface area (Å²) < 4.78 is 5.67. The molecule has 6 heteroatoms. The third-order valence-corrected chi connectivity index (χ3v) is 4.19. The lowest BCUT2D eigenvalue weighted by Crippen LogP contribution is -2.52. The average molecular weight is 299 g/mol. The van der Waals surface area contributed by atoms with Crippen molar-refractivity contribution in [3.63, 3.8) is 0 Å². The van der Waals surface area contributed by atoms with Crippen molar-refractivity contribution in [2.75, 3.05) is 45.9 Å². The Morgan fingerprint density at radius 3 is 2.67 bits per heavy atom. The van der Waals surface area contributed by atoms with Crippen LogP contribution >= 0.6 is 0 Å². The molecule has 122 valence electrons. The second-order valence-corrected chi connectivity index (χ2v) is 6.31. The van der Waals surface area contributed by atoms with Gasteiger partial charge in [0.15, 0.2) is 0 Å². The van der Waals surface area contributed by atoms with E-state index < -0.39 is 0 Å². The standard InChI is InChI=1S/C15H29N3O3/c1-12-8-18(9-13(2)21-12)15(20)11-17(6-7-19)10-14-4-3-5-16-14/h12-14,16,19H,3-11H2,1-2H3. The van der Waals surface area contributed by atoms with Gasteiger partial charge in [-0.15, -0.1) is 0 Å². The molecule has 0 radical (unpaired) electrons. The molecule has 2 aliphatic rings. The predicted octanol–water partition coefficient (Wildman–Crippen LogP) is -0.331. The number of aliphatic hydroxyl groups excluding tert-OH is 1. The first-order valence-corrected chi connectivity index (χ1v) is 8.08. The topological polar surface area (TPSA) is 65.0 Å². The summed E-state index contributed by atoms with van der Waals surface area (Å²) in [5.74, 6) is 0.142. The van der Waals surface area contributed by atoms with E-state index in [9.17, 15) is 9.90 Å².